The van der Waals surface area contributed by atoms with E-state index in [4.69, 9.17) is 0 Å². The van der Waals surface area contributed by atoms with Gasteiger partial charge in [0, 0.05) is 32.7 Å². The van der Waals surface area contributed by atoms with E-state index in [0.717, 1.165) is 11.6 Å². The zero-order chi connectivity index (χ0) is 17.8. The second-order valence-electron chi connectivity index (χ2n) is 5.96. The van der Waals surface area contributed by atoms with Crippen LogP contribution in [0.25, 0.3) is 0 Å². The van der Waals surface area contributed by atoms with E-state index in [1.54, 1.807) is 0 Å². The van der Waals surface area contributed by atoms with Crippen molar-refractivity contribution in [2.24, 2.45) is 0 Å². The Bertz CT molecular complexity index is 522. The lowest BCUT2D eigenvalue weighted by atomic mass is 10.0. The molecule has 134 valence electrons. The standard InChI is InChI=1S/C17H21F5N2/c1-2-6-15(16(18,19)17(20,21)22)24-11-9-23(10-12-24)13-14-7-4-3-5-8-14/h2-5,7-8,15H,1,6,9-13H2. The lowest BCUT2D eigenvalue weighted by Gasteiger charge is -2.42. The van der Waals surface area contributed by atoms with E-state index in [9.17, 15) is 22.0 Å². The van der Waals surface area contributed by atoms with Gasteiger partial charge in [-0.1, -0.05) is 36.4 Å². The van der Waals surface area contributed by atoms with Crippen LogP contribution in [0.3, 0.4) is 0 Å². The second-order valence-corrected chi connectivity index (χ2v) is 5.96. The largest absolute Gasteiger partial charge is 0.454 e. The molecule has 1 saturated heterocycles. The number of alkyl halides is 5. The van der Waals surface area contributed by atoms with Gasteiger partial charge in [-0.2, -0.15) is 22.0 Å². The van der Waals surface area contributed by atoms with E-state index < -0.39 is 24.6 Å². The predicted molar refractivity (Wildman–Crippen MR) is 82.9 cm³/mol. The van der Waals surface area contributed by atoms with Crippen molar-refractivity contribution in [3.8, 4) is 0 Å². The van der Waals surface area contributed by atoms with Gasteiger partial charge in [0.25, 0.3) is 0 Å². The van der Waals surface area contributed by atoms with Gasteiger partial charge in [0.2, 0.25) is 0 Å². The van der Waals surface area contributed by atoms with E-state index in [1.807, 2.05) is 30.3 Å². The molecule has 7 heteroatoms. The molecule has 1 heterocycles. The Hall–Kier alpha value is -1.47. The van der Waals surface area contributed by atoms with E-state index in [1.165, 1.54) is 4.90 Å². The molecule has 1 atom stereocenters. The molecule has 1 unspecified atom stereocenters. The van der Waals surface area contributed by atoms with Crippen LogP contribution >= 0.6 is 0 Å². The van der Waals surface area contributed by atoms with Crippen LogP contribution in [0.15, 0.2) is 43.0 Å². The highest BCUT2D eigenvalue weighted by atomic mass is 19.4. The lowest BCUT2D eigenvalue weighted by Crippen LogP contribution is -2.59. The zero-order valence-corrected chi connectivity index (χ0v) is 13.3. The molecule has 0 aromatic heterocycles. The second kappa shape index (κ2) is 7.61. The normalized spacial score (nSPS) is 19.2. The Balaban J connectivity index is 1.99. The van der Waals surface area contributed by atoms with Crippen molar-refractivity contribution in [1.82, 2.24) is 9.80 Å². The van der Waals surface area contributed by atoms with E-state index >= 15 is 0 Å². The summed E-state index contributed by atoms with van der Waals surface area (Å²) in [6.45, 7) is 5.25. The first kappa shape index (κ1) is 18.9. The topological polar surface area (TPSA) is 6.48 Å². The third-order valence-electron chi connectivity index (χ3n) is 4.28. The lowest BCUT2D eigenvalue weighted by molar-refractivity contribution is -0.304. The molecule has 0 N–H and O–H groups in total. The molecule has 0 saturated carbocycles. The number of piperazine rings is 1. The molecule has 1 aromatic rings. The van der Waals surface area contributed by atoms with Crippen LogP contribution in [0.1, 0.15) is 12.0 Å². The minimum Gasteiger partial charge on any atom is -0.297 e. The number of hydrogen-bond donors (Lipinski definition) is 0. The van der Waals surface area contributed by atoms with Gasteiger partial charge in [-0.3, -0.25) is 9.80 Å². The number of benzene rings is 1. The van der Waals surface area contributed by atoms with Gasteiger partial charge in [-0.15, -0.1) is 6.58 Å². The van der Waals surface area contributed by atoms with Gasteiger partial charge >= 0.3 is 12.1 Å². The smallest absolute Gasteiger partial charge is 0.297 e. The summed E-state index contributed by atoms with van der Waals surface area (Å²) in [5, 5.41) is 0. The summed E-state index contributed by atoms with van der Waals surface area (Å²) < 4.78 is 65.7. The van der Waals surface area contributed by atoms with Crippen molar-refractivity contribution in [2.45, 2.75) is 31.1 Å². The van der Waals surface area contributed by atoms with E-state index in [2.05, 4.69) is 11.5 Å². The molecule has 1 aliphatic rings. The quantitative estimate of drug-likeness (QED) is 0.567. The summed E-state index contributed by atoms with van der Waals surface area (Å²) in [5.74, 6) is -4.75. The maximum Gasteiger partial charge on any atom is 0.454 e. The molecule has 1 aliphatic heterocycles. The summed E-state index contributed by atoms with van der Waals surface area (Å²) in [7, 11) is 0. The monoisotopic (exact) mass is 348 g/mol. The molecular formula is C17H21F5N2. The third-order valence-corrected chi connectivity index (χ3v) is 4.28. The van der Waals surface area contributed by atoms with Crippen molar-refractivity contribution >= 4 is 0 Å². The highest BCUT2D eigenvalue weighted by Crippen LogP contribution is 2.41. The highest BCUT2D eigenvalue weighted by Gasteiger charge is 2.63. The summed E-state index contributed by atoms with van der Waals surface area (Å²) in [6.07, 6.45) is -4.83. The van der Waals surface area contributed by atoms with Gasteiger partial charge in [0.05, 0.1) is 6.04 Å². The number of nitrogens with zero attached hydrogens (tertiary/aromatic N) is 2. The zero-order valence-electron chi connectivity index (χ0n) is 13.3. The van der Waals surface area contributed by atoms with Crippen LogP contribution in [0, 0.1) is 0 Å². The first-order valence-corrected chi connectivity index (χ1v) is 7.81. The van der Waals surface area contributed by atoms with Gasteiger partial charge < -0.3 is 0 Å². The summed E-state index contributed by atoms with van der Waals surface area (Å²) >= 11 is 0. The van der Waals surface area contributed by atoms with Crippen molar-refractivity contribution in [2.75, 3.05) is 26.2 Å². The molecule has 1 fully saturated rings. The Morgan fingerprint density at radius 3 is 2.08 bits per heavy atom. The van der Waals surface area contributed by atoms with Gasteiger partial charge in [0.1, 0.15) is 0 Å². The maximum absolute atomic E-state index is 13.8. The Labute approximate surface area is 138 Å². The predicted octanol–water partition coefficient (Wildman–Crippen LogP) is 3.95. The Morgan fingerprint density at radius 2 is 1.58 bits per heavy atom. The molecule has 0 spiro atoms. The van der Waals surface area contributed by atoms with Crippen molar-refractivity contribution in [3.63, 3.8) is 0 Å². The van der Waals surface area contributed by atoms with Crippen LogP contribution in [0.5, 0.6) is 0 Å². The molecule has 1 aromatic carbocycles. The molecule has 0 bridgehead atoms. The first-order chi connectivity index (χ1) is 11.3. The molecule has 0 aliphatic carbocycles. The average Bonchev–Trinajstić information content (AvgIpc) is 2.53. The summed E-state index contributed by atoms with van der Waals surface area (Å²) in [4.78, 5) is 3.29. The molecule has 24 heavy (non-hydrogen) atoms. The fourth-order valence-electron chi connectivity index (χ4n) is 2.95. The average molecular weight is 348 g/mol. The van der Waals surface area contributed by atoms with Crippen LogP contribution in [-0.2, 0) is 6.54 Å². The molecule has 0 amide bonds. The molecular weight excluding hydrogens is 327 g/mol. The summed E-state index contributed by atoms with van der Waals surface area (Å²) in [6, 6.07) is 7.76. The highest BCUT2D eigenvalue weighted by molar-refractivity contribution is 5.14. The van der Waals surface area contributed by atoms with E-state index in [-0.39, 0.29) is 13.1 Å². The van der Waals surface area contributed by atoms with Crippen molar-refractivity contribution < 1.29 is 22.0 Å². The Morgan fingerprint density at radius 1 is 1.00 bits per heavy atom. The van der Waals surface area contributed by atoms with E-state index in [0.29, 0.717) is 19.6 Å². The number of rotatable bonds is 6. The van der Waals surface area contributed by atoms with Crippen LogP contribution < -0.4 is 0 Å². The van der Waals surface area contributed by atoms with Crippen LogP contribution in [0.4, 0.5) is 22.0 Å². The molecule has 2 nitrogen and oxygen atoms in total. The SMILES string of the molecule is C=CCC(N1CCN(Cc2ccccc2)CC1)C(F)(F)C(F)(F)F. The van der Waals surface area contributed by atoms with Gasteiger partial charge in [0.15, 0.2) is 0 Å². The molecule has 2 rings (SSSR count). The third kappa shape index (κ3) is 4.33. The number of hydrogen-bond acceptors (Lipinski definition) is 2. The van der Waals surface area contributed by atoms with Gasteiger partial charge in [-0.25, -0.2) is 0 Å². The Kier molecular flexibility index (Phi) is 5.98. The fourth-order valence-corrected chi connectivity index (χ4v) is 2.95. The van der Waals surface area contributed by atoms with Gasteiger partial charge in [-0.05, 0) is 12.0 Å². The maximum atomic E-state index is 13.8. The van der Waals surface area contributed by atoms with Crippen molar-refractivity contribution in [1.29, 1.82) is 0 Å². The first-order valence-electron chi connectivity index (χ1n) is 7.81. The number of halogens is 5. The summed E-state index contributed by atoms with van der Waals surface area (Å²) in [5.41, 5.74) is 1.09. The fraction of sp³-hybridized carbons (Fsp3) is 0.529. The minimum atomic E-state index is -5.55. The van der Waals surface area contributed by atoms with Crippen molar-refractivity contribution in [3.05, 3.63) is 48.6 Å². The minimum absolute atomic E-state index is 0.178. The van der Waals surface area contributed by atoms with Crippen LogP contribution in [0.2, 0.25) is 0 Å². The van der Waals surface area contributed by atoms with Crippen LogP contribution in [-0.4, -0.2) is 54.1 Å². The molecule has 0 radical (unpaired) electrons.